The zero-order valence-corrected chi connectivity index (χ0v) is 13.5. The number of nitrogens with one attached hydrogen (secondary N) is 3. The molecular weight excluding hydrogens is 284 g/mol. The number of aryl methyl sites for hydroxylation is 2. The fourth-order valence-electron chi connectivity index (χ4n) is 2.11. The van der Waals surface area contributed by atoms with E-state index < -0.39 is 0 Å². The van der Waals surface area contributed by atoms with Crippen molar-refractivity contribution in [2.24, 2.45) is 0 Å². The van der Waals surface area contributed by atoms with E-state index in [1.165, 1.54) is 4.88 Å². The monoisotopic (exact) mass is 304 g/mol. The zero-order chi connectivity index (χ0) is 15.4. The van der Waals surface area contributed by atoms with Crippen LogP contribution < -0.4 is 16.0 Å². The van der Waals surface area contributed by atoms with Gasteiger partial charge >= 0.3 is 6.03 Å². The molecule has 5 nitrogen and oxygen atoms in total. The van der Waals surface area contributed by atoms with Gasteiger partial charge in [0.2, 0.25) is 0 Å². The molecule has 1 aromatic heterocycles. The average molecular weight is 304 g/mol. The van der Waals surface area contributed by atoms with Gasteiger partial charge in [-0.3, -0.25) is 0 Å². The molecule has 21 heavy (non-hydrogen) atoms. The van der Waals surface area contributed by atoms with Crippen LogP contribution in [-0.2, 0) is 0 Å². The first-order chi connectivity index (χ1) is 9.99. The number of benzene rings is 1. The van der Waals surface area contributed by atoms with Crippen molar-refractivity contribution in [1.29, 1.82) is 0 Å². The highest BCUT2D eigenvalue weighted by atomic mass is 32.1. The molecule has 0 spiro atoms. The Morgan fingerprint density at radius 2 is 1.81 bits per heavy atom. The molecule has 2 rings (SSSR count). The molecule has 1 aromatic carbocycles. The molecule has 3 N–H and O–H groups in total. The average Bonchev–Trinajstić information content (AvgIpc) is 2.80. The molecule has 6 heteroatoms. The summed E-state index contributed by atoms with van der Waals surface area (Å²) in [7, 11) is 1.59. The van der Waals surface area contributed by atoms with Crippen molar-refractivity contribution in [2.75, 3.05) is 17.7 Å². The normalized spacial score (nSPS) is 11.8. The van der Waals surface area contributed by atoms with Crippen LogP contribution in [-0.4, -0.2) is 18.1 Å². The maximum atomic E-state index is 11.2. The van der Waals surface area contributed by atoms with E-state index in [1.54, 1.807) is 18.4 Å². The Hall–Kier alpha value is -2.08. The lowest BCUT2D eigenvalue weighted by Gasteiger charge is -2.14. The van der Waals surface area contributed by atoms with Gasteiger partial charge in [-0.2, -0.15) is 0 Å². The summed E-state index contributed by atoms with van der Waals surface area (Å²) in [5.74, 6) is 0. The third kappa shape index (κ3) is 3.95. The van der Waals surface area contributed by atoms with Crippen molar-refractivity contribution in [3.05, 3.63) is 39.8 Å². The number of aromatic nitrogens is 1. The summed E-state index contributed by atoms with van der Waals surface area (Å²) in [6.07, 6.45) is 0. The van der Waals surface area contributed by atoms with Crippen LogP contribution in [0.15, 0.2) is 24.3 Å². The van der Waals surface area contributed by atoms with E-state index >= 15 is 0 Å². The molecule has 0 aliphatic rings. The molecule has 0 saturated heterocycles. The van der Waals surface area contributed by atoms with Crippen LogP contribution in [0.5, 0.6) is 0 Å². The van der Waals surface area contributed by atoms with Crippen LogP contribution in [0.25, 0.3) is 0 Å². The SMILES string of the molecule is CNC(=O)Nc1ccc(NC(C)c2nc(C)sc2C)cc1. The van der Waals surface area contributed by atoms with Crippen molar-refractivity contribution >= 4 is 28.7 Å². The fraction of sp³-hybridized carbons (Fsp3) is 0.333. The summed E-state index contributed by atoms with van der Waals surface area (Å²) in [6, 6.07) is 7.53. The van der Waals surface area contributed by atoms with E-state index in [1.807, 2.05) is 31.2 Å². The first kappa shape index (κ1) is 15.3. The van der Waals surface area contributed by atoms with Crippen LogP contribution in [0, 0.1) is 13.8 Å². The summed E-state index contributed by atoms with van der Waals surface area (Å²) in [4.78, 5) is 17.0. The summed E-state index contributed by atoms with van der Waals surface area (Å²) in [6.45, 7) is 6.21. The van der Waals surface area contributed by atoms with Crippen molar-refractivity contribution in [2.45, 2.75) is 26.8 Å². The van der Waals surface area contributed by atoms with Gasteiger partial charge in [0.1, 0.15) is 0 Å². The van der Waals surface area contributed by atoms with Crippen LogP contribution >= 0.6 is 11.3 Å². The molecule has 0 saturated carbocycles. The first-order valence-electron chi connectivity index (χ1n) is 6.79. The summed E-state index contributed by atoms with van der Waals surface area (Å²) in [5.41, 5.74) is 2.84. The Balaban J connectivity index is 2.03. The topological polar surface area (TPSA) is 66.1 Å². The summed E-state index contributed by atoms with van der Waals surface area (Å²) >= 11 is 1.71. The lowest BCUT2D eigenvalue weighted by molar-refractivity contribution is 0.254. The number of rotatable bonds is 4. The quantitative estimate of drug-likeness (QED) is 0.807. The molecule has 0 fully saturated rings. The molecule has 2 amide bonds. The number of amides is 2. The molecule has 2 aromatic rings. The van der Waals surface area contributed by atoms with Crippen LogP contribution in [0.1, 0.15) is 28.5 Å². The summed E-state index contributed by atoms with van der Waals surface area (Å²) in [5, 5.41) is 9.75. The Kier molecular flexibility index (Phi) is 4.80. The standard InChI is InChI=1S/C15H20N4OS/c1-9(14-10(2)21-11(3)18-14)17-12-5-7-13(8-6-12)19-15(20)16-4/h5-9,17H,1-4H3,(H2,16,19,20). The highest BCUT2D eigenvalue weighted by molar-refractivity contribution is 7.11. The van der Waals surface area contributed by atoms with E-state index in [4.69, 9.17) is 0 Å². The lowest BCUT2D eigenvalue weighted by atomic mass is 10.2. The zero-order valence-electron chi connectivity index (χ0n) is 12.7. The second-order valence-electron chi connectivity index (χ2n) is 4.82. The molecule has 0 aliphatic heterocycles. The number of carbonyl (C=O) groups is 1. The van der Waals surface area contributed by atoms with Crippen molar-refractivity contribution in [1.82, 2.24) is 10.3 Å². The predicted octanol–water partition coefficient (Wildman–Crippen LogP) is 3.68. The minimum absolute atomic E-state index is 0.146. The maximum absolute atomic E-state index is 11.2. The number of anilines is 2. The van der Waals surface area contributed by atoms with Gasteiger partial charge < -0.3 is 16.0 Å². The molecule has 1 atom stereocenters. The van der Waals surface area contributed by atoms with Gasteiger partial charge in [-0.25, -0.2) is 9.78 Å². The third-order valence-electron chi connectivity index (χ3n) is 3.10. The minimum atomic E-state index is -0.224. The Bertz CT molecular complexity index is 621. The molecular formula is C15H20N4OS. The minimum Gasteiger partial charge on any atom is -0.377 e. The van der Waals surface area contributed by atoms with Crippen molar-refractivity contribution < 1.29 is 4.79 Å². The first-order valence-corrected chi connectivity index (χ1v) is 7.60. The van der Waals surface area contributed by atoms with Crippen molar-refractivity contribution in [3.63, 3.8) is 0 Å². The number of nitrogens with zero attached hydrogens (tertiary/aromatic N) is 1. The Morgan fingerprint density at radius 1 is 1.19 bits per heavy atom. The van der Waals surface area contributed by atoms with Crippen LogP contribution in [0.4, 0.5) is 16.2 Å². The molecule has 0 aliphatic carbocycles. The number of carbonyl (C=O) groups excluding carboxylic acids is 1. The molecule has 0 bridgehead atoms. The molecule has 0 radical (unpaired) electrons. The van der Waals surface area contributed by atoms with Crippen molar-refractivity contribution in [3.8, 4) is 0 Å². The van der Waals surface area contributed by atoms with Gasteiger partial charge in [0.15, 0.2) is 0 Å². The Morgan fingerprint density at radius 3 is 2.33 bits per heavy atom. The van der Waals surface area contributed by atoms with E-state index in [-0.39, 0.29) is 12.1 Å². The van der Waals surface area contributed by atoms with Gasteiger partial charge in [0.25, 0.3) is 0 Å². The number of thiazole rings is 1. The van der Waals surface area contributed by atoms with E-state index in [9.17, 15) is 4.79 Å². The lowest BCUT2D eigenvalue weighted by Crippen LogP contribution is -2.24. The summed E-state index contributed by atoms with van der Waals surface area (Å²) < 4.78 is 0. The smallest absolute Gasteiger partial charge is 0.318 e. The van der Waals surface area contributed by atoms with Gasteiger partial charge in [-0.15, -0.1) is 11.3 Å². The number of urea groups is 1. The van der Waals surface area contributed by atoms with Gasteiger partial charge in [-0.1, -0.05) is 0 Å². The fourth-order valence-corrected chi connectivity index (χ4v) is 3.02. The second kappa shape index (κ2) is 6.58. The van der Waals surface area contributed by atoms with Crippen LogP contribution in [0.3, 0.4) is 0 Å². The maximum Gasteiger partial charge on any atom is 0.318 e. The number of hydrogen-bond acceptors (Lipinski definition) is 4. The van der Waals surface area contributed by atoms with E-state index in [2.05, 4.69) is 34.8 Å². The van der Waals surface area contributed by atoms with Gasteiger partial charge in [0.05, 0.1) is 16.7 Å². The van der Waals surface area contributed by atoms with E-state index in [0.29, 0.717) is 0 Å². The largest absolute Gasteiger partial charge is 0.377 e. The highest BCUT2D eigenvalue weighted by Crippen LogP contribution is 2.26. The predicted molar refractivity (Wildman–Crippen MR) is 88.1 cm³/mol. The number of hydrogen-bond donors (Lipinski definition) is 3. The van der Waals surface area contributed by atoms with E-state index in [0.717, 1.165) is 22.1 Å². The molecule has 112 valence electrons. The molecule has 1 unspecified atom stereocenters. The third-order valence-corrected chi connectivity index (χ3v) is 4.00. The van der Waals surface area contributed by atoms with Gasteiger partial charge in [-0.05, 0) is 45.0 Å². The highest BCUT2D eigenvalue weighted by Gasteiger charge is 2.12. The Labute approximate surface area is 128 Å². The second-order valence-corrected chi connectivity index (χ2v) is 6.23. The van der Waals surface area contributed by atoms with Gasteiger partial charge in [0, 0.05) is 23.3 Å². The van der Waals surface area contributed by atoms with Crippen LogP contribution in [0.2, 0.25) is 0 Å². The molecule has 1 heterocycles.